The van der Waals surface area contributed by atoms with Gasteiger partial charge in [-0.05, 0) is 29.3 Å². The second-order valence-electron chi connectivity index (χ2n) is 5.40. The molecule has 0 saturated carbocycles. The van der Waals surface area contributed by atoms with Gasteiger partial charge in [0.2, 0.25) is 0 Å². The minimum absolute atomic E-state index is 0.0958. The van der Waals surface area contributed by atoms with Crippen LogP contribution in [-0.2, 0) is 13.1 Å². The van der Waals surface area contributed by atoms with Crippen LogP contribution in [0.5, 0.6) is 11.5 Å². The first-order chi connectivity index (χ1) is 11.3. The van der Waals surface area contributed by atoms with Crippen LogP contribution in [0.1, 0.15) is 11.1 Å². The Kier molecular flexibility index (Phi) is 5.33. The lowest BCUT2D eigenvalue weighted by atomic mass is 10.1. The van der Waals surface area contributed by atoms with Gasteiger partial charge in [-0.25, -0.2) is 0 Å². The molecule has 1 aromatic carbocycles. The molecule has 2 heterocycles. The largest absolute Gasteiger partial charge is 0.486 e. The lowest BCUT2D eigenvalue weighted by molar-refractivity contribution is 0.169. The van der Waals surface area contributed by atoms with Crippen molar-refractivity contribution in [3.05, 3.63) is 52.8 Å². The smallest absolute Gasteiger partial charge is 0.179 e. The van der Waals surface area contributed by atoms with E-state index in [2.05, 4.69) is 9.88 Å². The summed E-state index contributed by atoms with van der Waals surface area (Å²) in [5, 5.41) is 9.87. The van der Waals surface area contributed by atoms with Crippen molar-refractivity contribution in [1.82, 2.24) is 9.88 Å². The van der Waals surface area contributed by atoms with Crippen molar-refractivity contribution in [3.8, 4) is 11.5 Å². The molecule has 0 unspecified atom stereocenters. The fourth-order valence-electron chi connectivity index (χ4n) is 2.62. The molecule has 1 aromatic heterocycles. The topological polar surface area (TPSA) is 54.8 Å². The van der Waals surface area contributed by atoms with Crippen LogP contribution in [-0.4, -0.2) is 41.4 Å². The van der Waals surface area contributed by atoms with Crippen molar-refractivity contribution in [2.75, 3.05) is 26.4 Å². The van der Waals surface area contributed by atoms with Crippen molar-refractivity contribution in [3.63, 3.8) is 0 Å². The maximum Gasteiger partial charge on any atom is 0.179 e. The molecule has 0 saturated heterocycles. The van der Waals surface area contributed by atoms with E-state index >= 15 is 0 Å². The normalized spacial score (nSPS) is 13.3. The van der Waals surface area contributed by atoms with Gasteiger partial charge in [0.25, 0.3) is 0 Å². The van der Waals surface area contributed by atoms with Crippen molar-refractivity contribution >= 4 is 11.6 Å². The van der Waals surface area contributed by atoms with E-state index in [-0.39, 0.29) is 6.61 Å². The van der Waals surface area contributed by atoms with Gasteiger partial charge in [-0.2, -0.15) is 0 Å². The molecular formula is C17H19ClN2O3. The Morgan fingerprint density at radius 2 is 2.00 bits per heavy atom. The Morgan fingerprint density at radius 3 is 2.78 bits per heavy atom. The van der Waals surface area contributed by atoms with Crippen LogP contribution in [0.4, 0.5) is 0 Å². The first-order valence-corrected chi connectivity index (χ1v) is 7.94. The van der Waals surface area contributed by atoms with Crippen molar-refractivity contribution in [1.29, 1.82) is 0 Å². The Hall–Kier alpha value is -1.82. The van der Waals surface area contributed by atoms with Gasteiger partial charge in [0, 0.05) is 32.0 Å². The first-order valence-electron chi connectivity index (χ1n) is 7.56. The molecule has 122 valence electrons. The molecule has 1 aliphatic heterocycles. The summed E-state index contributed by atoms with van der Waals surface area (Å²) in [4.78, 5) is 6.27. The second-order valence-corrected chi connectivity index (χ2v) is 5.80. The number of nitrogens with zero attached hydrogens (tertiary/aromatic N) is 2. The van der Waals surface area contributed by atoms with E-state index in [9.17, 15) is 5.11 Å². The Morgan fingerprint density at radius 1 is 1.17 bits per heavy atom. The fourth-order valence-corrected chi connectivity index (χ4v) is 2.91. The second kappa shape index (κ2) is 7.64. The lowest BCUT2D eigenvalue weighted by Gasteiger charge is -2.24. The molecule has 0 amide bonds. The molecule has 0 spiro atoms. The molecular weight excluding hydrogens is 316 g/mol. The monoisotopic (exact) mass is 334 g/mol. The van der Waals surface area contributed by atoms with Crippen molar-refractivity contribution in [2.45, 2.75) is 13.1 Å². The number of aromatic nitrogens is 1. The summed E-state index contributed by atoms with van der Waals surface area (Å²) in [6.07, 6.45) is 3.58. The summed E-state index contributed by atoms with van der Waals surface area (Å²) in [5.41, 5.74) is 2.13. The number of rotatable bonds is 6. The molecule has 0 radical (unpaired) electrons. The summed E-state index contributed by atoms with van der Waals surface area (Å²) in [6, 6.07) is 7.78. The van der Waals surface area contributed by atoms with E-state index in [0.29, 0.717) is 49.4 Å². The average molecular weight is 335 g/mol. The van der Waals surface area contributed by atoms with Crippen LogP contribution in [0.2, 0.25) is 5.02 Å². The van der Waals surface area contributed by atoms with Crippen molar-refractivity contribution < 1.29 is 14.6 Å². The Bertz CT molecular complexity index is 652. The number of benzene rings is 1. The molecule has 0 aliphatic carbocycles. The molecule has 3 rings (SSSR count). The summed E-state index contributed by atoms with van der Waals surface area (Å²) in [5.74, 6) is 1.30. The van der Waals surface area contributed by atoms with E-state index in [1.165, 1.54) is 0 Å². The molecule has 0 bridgehead atoms. The van der Waals surface area contributed by atoms with Gasteiger partial charge in [-0.15, -0.1) is 0 Å². The van der Waals surface area contributed by atoms with Gasteiger partial charge in [0.05, 0.1) is 11.6 Å². The quantitative estimate of drug-likeness (QED) is 0.879. The zero-order chi connectivity index (χ0) is 16.1. The van der Waals surface area contributed by atoms with Crippen molar-refractivity contribution in [2.24, 2.45) is 0 Å². The third-order valence-corrected chi connectivity index (χ3v) is 3.89. The zero-order valence-electron chi connectivity index (χ0n) is 12.7. The first kappa shape index (κ1) is 16.1. The van der Waals surface area contributed by atoms with E-state index < -0.39 is 0 Å². The van der Waals surface area contributed by atoms with E-state index in [4.69, 9.17) is 21.1 Å². The number of fused-ring (bicyclic) bond motifs is 1. The number of pyridine rings is 1. The maximum atomic E-state index is 9.31. The van der Waals surface area contributed by atoms with Gasteiger partial charge < -0.3 is 14.6 Å². The minimum atomic E-state index is 0.0958. The van der Waals surface area contributed by atoms with Crippen LogP contribution in [0.15, 0.2) is 36.7 Å². The van der Waals surface area contributed by atoms with Crippen LogP contribution >= 0.6 is 11.6 Å². The van der Waals surface area contributed by atoms with Gasteiger partial charge in [-0.1, -0.05) is 17.7 Å². The number of aliphatic hydroxyl groups excluding tert-OH is 1. The summed E-state index contributed by atoms with van der Waals surface area (Å²) < 4.78 is 11.2. The van der Waals surface area contributed by atoms with Gasteiger partial charge >= 0.3 is 0 Å². The van der Waals surface area contributed by atoms with Gasteiger partial charge in [-0.3, -0.25) is 9.88 Å². The Balaban J connectivity index is 1.76. The standard InChI is InChI=1S/C17H19ClN2O3/c18-15-8-14(9-16-17(15)23-7-6-22-16)12-20(4-5-21)11-13-2-1-3-19-10-13/h1-3,8-10,21H,4-7,11-12H2. The molecule has 1 aliphatic rings. The fraction of sp³-hybridized carbons (Fsp3) is 0.353. The SMILES string of the molecule is OCCN(Cc1cccnc1)Cc1cc(Cl)c2c(c1)OCCO2. The molecule has 0 atom stereocenters. The third kappa shape index (κ3) is 4.13. The zero-order valence-corrected chi connectivity index (χ0v) is 13.5. The molecule has 6 heteroatoms. The molecule has 2 aromatic rings. The molecule has 0 fully saturated rings. The van der Waals surface area contributed by atoms with E-state index in [1.54, 1.807) is 6.20 Å². The lowest BCUT2D eigenvalue weighted by Crippen LogP contribution is -2.26. The highest BCUT2D eigenvalue weighted by atomic mass is 35.5. The molecule has 1 N–H and O–H groups in total. The maximum absolute atomic E-state index is 9.31. The van der Waals surface area contributed by atoms with Crippen LogP contribution in [0, 0.1) is 0 Å². The third-order valence-electron chi connectivity index (χ3n) is 3.61. The number of halogens is 1. The van der Waals surface area contributed by atoms with Crippen LogP contribution in [0.25, 0.3) is 0 Å². The summed E-state index contributed by atoms with van der Waals surface area (Å²) >= 11 is 6.29. The summed E-state index contributed by atoms with van der Waals surface area (Å²) in [6.45, 7) is 3.08. The number of hydrogen-bond donors (Lipinski definition) is 1. The highest BCUT2D eigenvalue weighted by Crippen LogP contribution is 2.38. The molecule has 5 nitrogen and oxygen atoms in total. The molecule has 23 heavy (non-hydrogen) atoms. The van der Waals surface area contributed by atoms with Crippen LogP contribution < -0.4 is 9.47 Å². The Labute approximate surface area is 140 Å². The number of ether oxygens (including phenoxy) is 2. The van der Waals surface area contributed by atoms with Crippen LogP contribution in [0.3, 0.4) is 0 Å². The van der Waals surface area contributed by atoms with Gasteiger partial charge in [0.1, 0.15) is 13.2 Å². The minimum Gasteiger partial charge on any atom is -0.486 e. The highest BCUT2D eigenvalue weighted by molar-refractivity contribution is 6.32. The highest BCUT2D eigenvalue weighted by Gasteiger charge is 2.17. The number of aliphatic hydroxyl groups is 1. The predicted octanol–water partition coefficient (Wildman–Crippen LogP) is 2.50. The predicted molar refractivity (Wildman–Crippen MR) is 87.9 cm³/mol. The summed E-state index contributed by atoms with van der Waals surface area (Å²) in [7, 11) is 0. The van der Waals surface area contributed by atoms with E-state index in [0.717, 1.165) is 11.1 Å². The van der Waals surface area contributed by atoms with E-state index in [1.807, 2.05) is 30.5 Å². The van der Waals surface area contributed by atoms with Gasteiger partial charge in [0.15, 0.2) is 11.5 Å². The number of hydrogen-bond acceptors (Lipinski definition) is 5. The average Bonchev–Trinajstić information content (AvgIpc) is 2.56.